The van der Waals surface area contributed by atoms with Crippen molar-refractivity contribution >= 4 is 17.3 Å². The second-order valence-electron chi connectivity index (χ2n) is 5.29. The fraction of sp³-hybridized carbons (Fsp3) is 0.188. The molecule has 0 saturated carbocycles. The Morgan fingerprint density at radius 1 is 1.16 bits per heavy atom. The number of halogens is 1. The van der Waals surface area contributed by atoms with Crippen LogP contribution in [0.15, 0.2) is 36.4 Å². The normalized spacial score (nSPS) is 10.3. The predicted octanol–water partition coefficient (Wildman–Crippen LogP) is 2.92. The first-order valence-electron chi connectivity index (χ1n) is 7.25. The molecule has 130 valence electrons. The average Bonchev–Trinajstić information content (AvgIpc) is 2.54. The maximum absolute atomic E-state index is 13.1. The van der Waals surface area contributed by atoms with Gasteiger partial charge in [0, 0.05) is 18.2 Å². The van der Waals surface area contributed by atoms with Gasteiger partial charge in [-0.2, -0.15) is 0 Å². The lowest BCUT2D eigenvalue weighted by atomic mass is 10.0. The van der Waals surface area contributed by atoms with Gasteiger partial charge >= 0.3 is 0 Å². The van der Waals surface area contributed by atoms with Crippen LogP contribution in [0.4, 0.5) is 15.8 Å². The van der Waals surface area contributed by atoms with E-state index in [1.807, 2.05) is 0 Å². The zero-order chi connectivity index (χ0) is 18.6. The molecule has 0 radical (unpaired) electrons. The van der Waals surface area contributed by atoms with E-state index in [-0.39, 0.29) is 17.7 Å². The second kappa shape index (κ2) is 7.47. The van der Waals surface area contributed by atoms with Crippen molar-refractivity contribution in [1.82, 2.24) is 5.32 Å². The van der Waals surface area contributed by atoms with Crippen molar-refractivity contribution in [3.63, 3.8) is 0 Å². The number of hydrogen-bond donors (Lipinski definition) is 1. The van der Waals surface area contributed by atoms with E-state index in [4.69, 9.17) is 0 Å². The third-order valence-corrected chi connectivity index (χ3v) is 3.61. The Morgan fingerprint density at radius 2 is 1.88 bits per heavy atom. The molecule has 0 bridgehead atoms. The van der Waals surface area contributed by atoms with Gasteiger partial charge < -0.3 is 5.32 Å². The number of nitro benzene ring substituents is 2. The van der Waals surface area contributed by atoms with Crippen molar-refractivity contribution < 1.29 is 19.0 Å². The number of non-ortho nitro benzene ring substituents is 1. The molecule has 0 fully saturated rings. The smallest absolute Gasteiger partial charge is 0.279 e. The van der Waals surface area contributed by atoms with Crippen LogP contribution in [0, 0.1) is 33.0 Å². The standard InChI is InChI=1S/C16H14FN3O5/c1-10-14(8-13(19(22)23)9-15(10)20(24)25)16(21)18-6-5-11-3-2-4-12(17)7-11/h2-4,7-9H,5-6H2,1H3,(H,18,21). The van der Waals surface area contributed by atoms with Crippen molar-refractivity contribution in [2.75, 3.05) is 6.54 Å². The first kappa shape index (κ1) is 18.0. The Morgan fingerprint density at radius 3 is 2.48 bits per heavy atom. The Hall–Kier alpha value is -3.36. The molecule has 1 amide bonds. The van der Waals surface area contributed by atoms with Gasteiger partial charge in [0.15, 0.2) is 0 Å². The molecule has 0 aliphatic heterocycles. The minimum Gasteiger partial charge on any atom is -0.352 e. The maximum Gasteiger partial charge on any atom is 0.279 e. The van der Waals surface area contributed by atoms with Crippen LogP contribution >= 0.6 is 0 Å². The van der Waals surface area contributed by atoms with Crippen LogP contribution in [0.2, 0.25) is 0 Å². The van der Waals surface area contributed by atoms with Gasteiger partial charge in [-0.05, 0) is 31.0 Å². The number of nitrogens with one attached hydrogen (secondary N) is 1. The van der Waals surface area contributed by atoms with Crippen LogP contribution in [0.5, 0.6) is 0 Å². The lowest BCUT2D eigenvalue weighted by Gasteiger charge is -2.08. The van der Waals surface area contributed by atoms with Crippen LogP contribution in [0.3, 0.4) is 0 Å². The molecule has 2 rings (SSSR count). The minimum absolute atomic E-state index is 0.0406. The first-order valence-corrected chi connectivity index (χ1v) is 7.25. The monoisotopic (exact) mass is 347 g/mol. The summed E-state index contributed by atoms with van der Waals surface area (Å²) in [5.74, 6) is -1.06. The van der Waals surface area contributed by atoms with Crippen molar-refractivity contribution in [3.05, 3.63) is 79.1 Å². The van der Waals surface area contributed by atoms with Gasteiger partial charge in [-0.15, -0.1) is 0 Å². The lowest BCUT2D eigenvalue weighted by molar-refractivity contribution is -0.394. The quantitative estimate of drug-likeness (QED) is 0.637. The summed E-state index contributed by atoms with van der Waals surface area (Å²) in [4.78, 5) is 32.6. The van der Waals surface area contributed by atoms with Gasteiger partial charge in [-0.25, -0.2) is 4.39 Å². The number of rotatable bonds is 6. The first-order chi connectivity index (χ1) is 11.8. The molecule has 0 spiro atoms. The molecule has 0 aromatic heterocycles. The molecule has 9 heteroatoms. The topological polar surface area (TPSA) is 115 Å². The highest BCUT2D eigenvalue weighted by Crippen LogP contribution is 2.27. The molecule has 2 aromatic rings. The SMILES string of the molecule is Cc1c(C(=O)NCCc2cccc(F)c2)cc([N+](=O)[O-])cc1[N+](=O)[O-]. The lowest BCUT2D eigenvalue weighted by Crippen LogP contribution is -2.26. The van der Waals surface area contributed by atoms with Crippen molar-refractivity contribution in [2.24, 2.45) is 0 Å². The molecule has 8 nitrogen and oxygen atoms in total. The molecule has 2 aromatic carbocycles. The van der Waals surface area contributed by atoms with Gasteiger partial charge in [0.1, 0.15) is 5.82 Å². The molecule has 0 unspecified atom stereocenters. The second-order valence-corrected chi connectivity index (χ2v) is 5.29. The minimum atomic E-state index is -0.796. The molecular formula is C16H14FN3O5. The number of carbonyl (C=O) groups excluding carboxylic acids is 1. The average molecular weight is 347 g/mol. The van der Waals surface area contributed by atoms with E-state index in [9.17, 15) is 29.4 Å². The molecule has 0 aliphatic rings. The van der Waals surface area contributed by atoms with Gasteiger partial charge in [0.2, 0.25) is 0 Å². The fourth-order valence-electron chi connectivity index (χ4n) is 2.32. The van der Waals surface area contributed by atoms with Crippen molar-refractivity contribution in [2.45, 2.75) is 13.3 Å². The number of nitrogens with zero attached hydrogens (tertiary/aromatic N) is 2. The van der Waals surface area contributed by atoms with Crippen LogP contribution < -0.4 is 5.32 Å². The van der Waals surface area contributed by atoms with Crippen LogP contribution in [-0.4, -0.2) is 22.3 Å². The number of carbonyl (C=O) groups is 1. The third-order valence-electron chi connectivity index (χ3n) is 3.61. The molecule has 0 saturated heterocycles. The number of hydrogen-bond acceptors (Lipinski definition) is 5. The fourth-order valence-corrected chi connectivity index (χ4v) is 2.32. The largest absolute Gasteiger partial charge is 0.352 e. The predicted molar refractivity (Wildman–Crippen MR) is 86.9 cm³/mol. The summed E-state index contributed by atoms with van der Waals surface area (Å²) < 4.78 is 13.1. The number of nitro groups is 2. The summed E-state index contributed by atoms with van der Waals surface area (Å²) in [6.45, 7) is 1.50. The number of benzene rings is 2. The van der Waals surface area contributed by atoms with E-state index < -0.39 is 32.9 Å². The molecule has 0 heterocycles. The van der Waals surface area contributed by atoms with Crippen LogP contribution in [0.25, 0.3) is 0 Å². The van der Waals surface area contributed by atoms with Crippen molar-refractivity contribution in [3.8, 4) is 0 Å². The molecule has 0 aliphatic carbocycles. The Balaban J connectivity index is 2.17. The van der Waals surface area contributed by atoms with Gasteiger partial charge in [0.05, 0.1) is 21.5 Å². The molecule has 0 atom stereocenters. The van der Waals surface area contributed by atoms with Crippen molar-refractivity contribution in [1.29, 1.82) is 0 Å². The Bertz CT molecular complexity index is 854. The van der Waals surface area contributed by atoms with E-state index in [0.717, 1.165) is 12.1 Å². The van der Waals surface area contributed by atoms with E-state index in [1.165, 1.54) is 19.1 Å². The molecule has 25 heavy (non-hydrogen) atoms. The third kappa shape index (κ3) is 4.34. The van der Waals surface area contributed by atoms with E-state index in [2.05, 4.69) is 5.32 Å². The zero-order valence-electron chi connectivity index (χ0n) is 13.2. The molecule has 1 N–H and O–H groups in total. The summed E-state index contributed by atoms with van der Waals surface area (Å²) in [6, 6.07) is 7.68. The highest BCUT2D eigenvalue weighted by atomic mass is 19.1. The summed E-state index contributed by atoms with van der Waals surface area (Å²) >= 11 is 0. The summed E-state index contributed by atoms with van der Waals surface area (Å²) in [5.41, 5.74) is -0.460. The Kier molecular flexibility index (Phi) is 5.38. The zero-order valence-corrected chi connectivity index (χ0v) is 13.2. The maximum atomic E-state index is 13.1. The summed E-state index contributed by atoms with van der Waals surface area (Å²) in [5, 5.41) is 24.5. The van der Waals surface area contributed by atoms with Gasteiger partial charge in [-0.3, -0.25) is 25.0 Å². The highest BCUT2D eigenvalue weighted by Gasteiger charge is 2.24. The Labute approximate surface area is 141 Å². The van der Waals surface area contributed by atoms with Crippen LogP contribution in [-0.2, 0) is 6.42 Å². The summed E-state index contributed by atoms with van der Waals surface area (Å²) in [7, 11) is 0. The van der Waals surface area contributed by atoms with E-state index in [1.54, 1.807) is 12.1 Å². The number of amides is 1. The highest BCUT2D eigenvalue weighted by molar-refractivity contribution is 5.97. The van der Waals surface area contributed by atoms with E-state index >= 15 is 0 Å². The summed E-state index contributed by atoms with van der Waals surface area (Å²) in [6.07, 6.45) is 0.347. The van der Waals surface area contributed by atoms with E-state index in [0.29, 0.717) is 12.0 Å². The van der Waals surface area contributed by atoms with Gasteiger partial charge in [0.25, 0.3) is 17.3 Å². The molecular weight excluding hydrogens is 333 g/mol. The van der Waals surface area contributed by atoms with Gasteiger partial charge in [-0.1, -0.05) is 12.1 Å². The van der Waals surface area contributed by atoms with Crippen LogP contribution in [0.1, 0.15) is 21.5 Å².